The Morgan fingerprint density at radius 2 is 2.20 bits per heavy atom. The summed E-state index contributed by atoms with van der Waals surface area (Å²) in [5.74, 6) is -0.360. The number of benzene rings is 1. The molecule has 2 rings (SSSR count). The first kappa shape index (κ1) is 20.0. The molecule has 1 atom stereocenters. The molecule has 0 saturated carbocycles. The van der Waals surface area contributed by atoms with Crippen molar-refractivity contribution in [3.8, 4) is 0 Å². The van der Waals surface area contributed by atoms with Crippen LogP contribution in [-0.2, 0) is 14.3 Å². The molecule has 0 spiro atoms. The van der Waals surface area contributed by atoms with E-state index >= 15 is 0 Å². The lowest BCUT2D eigenvalue weighted by Crippen LogP contribution is -2.46. The van der Waals surface area contributed by atoms with Crippen LogP contribution in [0.4, 0.5) is 5.69 Å². The summed E-state index contributed by atoms with van der Waals surface area (Å²) < 4.78 is 5.37. The number of anilines is 1. The van der Waals surface area contributed by atoms with E-state index in [-0.39, 0.29) is 24.4 Å². The number of amides is 2. The Kier molecular flexibility index (Phi) is 7.96. The minimum atomic E-state index is -0.293. The maximum Gasteiger partial charge on any atom is 0.244 e. The molecule has 2 amide bonds. The summed E-state index contributed by atoms with van der Waals surface area (Å²) in [5, 5.41) is 6.82. The highest BCUT2D eigenvalue weighted by Gasteiger charge is 2.22. The van der Waals surface area contributed by atoms with Crippen LogP contribution < -0.4 is 10.6 Å². The van der Waals surface area contributed by atoms with Gasteiger partial charge in [0.1, 0.15) is 0 Å². The Morgan fingerprint density at radius 3 is 2.84 bits per heavy atom. The maximum absolute atomic E-state index is 12.5. The Hall–Kier alpha value is -1.34. The third-order valence-electron chi connectivity index (χ3n) is 3.81. The van der Waals surface area contributed by atoms with Crippen LogP contribution in [0.25, 0.3) is 0 Å². The van der Waals surface area contributed by atoms with Gasteiger partial charge in [0.15, 0.2) is 0 Å². The fourth-order valence-electron chi connectivity index (χ4n) is 2.61. The van der Waals surface area contributed by atoms with Crippen molar-refractivity contribution in [2.75, 3.05) is 38.2 Å². The largest absolute Gasteiger partial charge is 0.378 e. The lowest BCUT2D eigenvalue weighted by Gasteiger charge is -2.27. The Labute approximate surface area is 157 Å². The van der Waals surface area contributed by atoms with E-state index in [4.69, 9.17) is 27.9 Å². The zero-order valence-corrected chi connectivity index (χ0v) is 15.7. The molecule has 0 aliphatic carbocycles. The minimum absolute atomic E-state index is 0.00521. The zero-order chi connectivity index (χ0) is 18.2. The molecular formula is C17H23Cl2N3O3. The average Bonchev–Trinajstić information content (AvgIpc) is 2.58. The number of halogens is 2. The maximum atomic E-state index is 12.5. The van der Waals surface area contributed by atoms with Crippen LogP contribution in [0, 0.1) is 0 Å². The number of carbonyl (C=O) groups is 2. The van der Waals surface area contributed by atoms with Gasteiger partial charge in [-0.05, 0) is 24.6 Å². The van der Waals surface area contributed by atoms with Gasteiger partial charge in [0.05, 0.1) is 30.5 Å². The summed E-state index contributed by atoms with van der Waals surface area (Å²) in [6.07, 6.45) is 1.09. The predicted octanol–water partition coefficient (Wildman–Crippen LogP) is 2.55. The highest BCUT2D eigenvalue weighted by molar-refractivity contribution is 6.36. The smallest absolute Gasteiger partial charge is 0.244 e. The Bertz CT molecular complexity index is 607. The molecule has 1 aliphatic rings. The number of ether oxygens (including phenoxy) is 1. The summed E-state index contributed by atoms with van der Waals surface area (Å²) in [6.45, 7) is 4.39. The predicted molar refractivity (Wildman–Crippen MR) is 99.2 cm³/mol. The molecule has 1 fully saturated rings. The SMILES string of the molecule is CCCN(CC(=O)Nc1ccc(Cl)cc1Cl)C(=O)CC1COCCN1. The minimum Gasteiger partial charge on any atom is -0.378 e. The van der Waals surface area contributed by atoms with E-state index in [9.17, 15) is 9.59 Å². The van der Waals surface area contributed by atoms with E-state index in [2.05, 4.69) is 10.6 Å². The summed E-state index contributed by atoms with van der Waals surface area (Å²) >= 11 is 11.9. The topological polar surface area (TPSA) is 70.7 Å². The monoisotopic (exact) mass is 387 g/mol. The molecule has 0 aromatic heterocycles. The van der Waals surface area contributed by atoms with Crippen molar-refractivity contribution in [2.24, 2.45) is 0 Å². The van der Waals surface area contributed by atoms with Gasteiger partial charge in [0.25, 0.3) is 0 Å². The molecule has 8 heteroatoms. The summed E-state index contributed by atoms with van der Waals surface area (Å²) in [6, 6.07) is 4.84. The van der Waals surface area contributed by atoms with Crippen molar-refractivity contribution in [3.05, 3.63) is 28.2 Å². The molecule has 1 aliphatic heterocycles. The van der Waals surface area contributed by atoms with Crippen LogP contribution in [0.5, 0.6) is 0 Å². The second-order valence-electron chi connectivity index (χ2n) is 5.92. The Balaban J connectivity index is 1.92. The first-order chi connectivity index (χ1) is 12.0. The molecule has 1 saturated heterocycles. The van der Waals surface area contributed by atoms with Crippen LogP contribution in [-0.4, -0.2) is 55.6 Å². The standard InChI is InChI=1S/C17H23Cl2N3O3/c1-2-6-22(17(24)9-13-11-25-7-5-20-13)10-16(23)21-15-4-3-12(18)8-14(15)19/h3-4,8,13,20H,2,5-7,9-11H2,1H3,(H,21,23). The van der Waals surface area contributed by atoms with Crippen molar-refractivity contribution < 1.29 is 14.3 Å². The van der Waals surface area contributed by atoms with E-state index in [1.165, 1.54) is 0 Å². The van der Waals surface area contributed by atoms with Gasteiger partial charge in [-0.25, -0.2) is 0 Å². The van der Waals surface area contributed by atoms with Gasteiger partial charge < -0.3 is 20.3 Å². The number of nitrogens with zero attached hydrogens (tertiary/aromatic N) is 1. The van der Waals surface area contributed by atoms with Crippen LogP contribution in [0.15, 0.2) is 18.2 Å². The number of hydrogen-bond donors (Lipinski definition) is 2. The molecule has 25 heavy (non-hydrogen) atoms. The Morgan fingerprint density at radius 1 is 1.40 bits per heavy atom. The third-order valence-corrected chi connectivity index (χ3v) is 4.35. The van der Waals surface area contributed by atoms with Crippen molar-refractivity contribution in [1.82, 2.24) is 10.2 Å². The number of morpholine rings is 1. The van der Waals surface area contributed by atoms with Gasteiger partial charge in [0.2, 0.25) is 11.8 Å². The van der Waals surface area contributed by atoms with Gasteiger partial charge in [-0.1, -0.05) is 30.1 Å². The average molecular weight is 388 g/mol. The van der Waals surface area contributed by atoms with Gasteiger partial charge in [0, 0.05) is 30.6 Å². The van der Waals surface area contributed by atoms with Crippen LogP contribution in [0.2, 0.25) is 10.0 Å². The lowest BCUT2D eigenvalue weighted by atomic mass is 10.1. The number of carbonyl (C=O) groups excluding carboxylic acids is 2. The van der Waals surface area contributed by atoms with E-state index in [1.807, 2.05) is 6.92 Å². The molecule has 0 bridgehead atoms. The van der Waals surface area contributed by atoms with Crippen molar-refractivity contribution in [3.63, 3.8) is 0 Å². The van der Waals surface area contributed by atoms with Gasteiger partial charge >= 0.3 is 0 Å². The summed E-state index contributed by atoms with van der Waals surface area (Å²) in [4.78, 5) is 26.4. The number of rotatable bonds is 7. The quantitative estimate of drug-likeness (QED) is 0.753. The molecule has 1 aromatic carbocycles. The molecule has 2 N–H and O–H groups in total. The number of nitrogens with one attached hydrogen (secondary N) is 2. The molecule has 1 aromatic rings. The van der Waals surface area contributed by atoms with Gasteiger partial charge in [-0.15, -0.1) is 0 Å². The molecule has 0 radical (unpaired) electrons. The third kappa shape index (κ3) is 6.47. The summed E-state index contributed by atoms with van der Waals surface area (Å²) in [5.41, 5.74) is 0.474. The fraction of sp³-hybridized carbons (Fsp3) is 0.529. The van der Waals surface area contributed by atoms with E-state index in [0.29, 0.717) is 41.9 Å². The zero-order valence-electron chi connectivity index (χ0n) is 14.2. The van der Waals surface area contributed by atoms with E-state index in [0.717, 1.165) is 13.0 Å². The van der Waals surface area contributed by atoms with Gasteiger partial charge in [-0.3, -0.25) is 9.59 Å². The summed E-state index contributed by atoms with van der Waals surface area (Å²) in [7, 11) is 0. The van der Waals surface area contributed by atoms with Gasteiger partial charge in [-0.2, -0.15) is 0 Å². The van der Waals surface area contributed by atoms with Crippen LogP contribution >= 0.6 is 23.2 Å². The molecular weight excluding hydrogens is 365 g/mol. The second kappa shape index (κ2) is 9.97. The highest BCUT2D eigenvalue weighted by Crippen LogP contribution is 2.25. The van der Waals surface area contributed by atoms with E-state index < -0.39 is 0 Å². The van der Waals surface area contributed by atoms with E-state index in [1.54, 1.807) is 23.1 Å². The van der Waals surface area contributed by atoms with Crippen molar-refractivity contribution in [2.45, 2.75) is 25.8 Å². The molecule has 1 unspecified atom stereocenters. The van der Waals surface area contributed by atoms with Crippen molar-refractivity contribution in [1.29, 1.82) is 0 Å². The fourth-order valence-corrected chi connectivity index (χ4v) is 3.06. The molecule has 6 nitrogen and oxygen atoms in total. The molecule has 138 valence electrons. The molecule has 1 heterocycles. The number of hydrogen-bond acceptors (Lipinski definition) is 4. The van der Waals surface area contributed by atoms with Crippen LogP contribution in [0.3, 0.4) is 0 Å². The first-order valence-corrected chi connectivity index (χ1v) is 9.09. The lowest BCUT2D eigenvalue weighted by molar-refractivity contribution is -0.135. The first-order valence-electron chi connectivity index (χ1n) is 8.33. The normalized spacial score (nSPS) is 17.2. The highest BCUT2D eigenvalue weighted by atomic mass is 35.5. The van der Waals surface area contributed by atoms with Crippen LogP contribution in [0.1, 0.15) is 19.8 Å². The van der Waals surface area contributed by atoms with Crippen molar-refractivity contribution >= 4 is 40.7 Å². The second-order valence-corrected chi connectivity index (χ2v) is 6.76.